The Morgan fingerprint density at radius 1 is 0.750 bits per heavy atom. The number of imide groups is 1. The summed E-state index contributed by atoms with van der Waals surface area (Å²) in [6.45, 7) is 0. The molecule has 0 atom stereocenters. The Hall–Kier alpha value is -3.99. The van der Waals surface area contributed by atoms with E-state index in [9.17, 15) is 9.59 Å². The SMILES string of the molecule is O=C1c2ccccc2C(=O)N1c1ccccc1C=Cc1n[nH]c2ccccc12. The van der Waals surface area contributed by atoms with Crippen LogP contribution in [0.2, 0.25) is 0 Å². The fraction of sp³-hybridized carbons (Fsp3) is 0. The van der Waals surface area contributed by atoms with Crippen molar-refractivity contribution in [1.29, 1.82) is 0 Å². The van der Waals surface area contributed by atoms with Crippen molar-refractivity contribution < 1.29 is 9.59 Å². The molecule has 3 aromatic carbocycles. The number of amides is 2. The van der Waals surface area contributed by atoms with Gasteiger partial charge in [-0.15, -0.1) is 0 Å². The molecule has 5 nitrogen and oxygen atoms in total. The number of hydrogen-bond donors (Lipinski definition) is 1. The van der Waals surface area contributed by atoms with Crippen LogP contribution in [0.5, 0.6) is 0 Å². The molecule has 1 aromatic heterocycles. The van der Waals surface area contributed by atoms with Gasteiger partial charge in [0.05, 0.1) is 28.0 Å². The van der Waals surface area contributed by atoms with Gasteiger partial charge in [-0.3, -0.25) is 14.7 Å². The third-order valence-corrected chi connectivity index (χ3v) is 4.89. The van der Waals surface area contributed by atoms with E-state index >= 15 is 0 Å². The zero-order valence-corrected chi connectivity index (χ0v) is 14.8. The summed E-state index contributed by atoms with van der Waals surface area (Å²) < 4.78 is 0. The zero-order chi connectivity index (χ0) is 19.1. The molecule has 1 aliphatic heterocycles. The maximum atomic E-state index is 12.8. The zero-order valence-electron chi connectivity index (χ0n) is 14.8. The minimum absolute atomic E-state index is 0.299. The van der Waals surface area contributed by atoms with Crippen LogP contribution < -0.4 is 4.90 Å². The Balaban J connectivity index is 1.56. The van der Waals surface area contributed by atoms with E-state index < -0.39 is 0 Å². The molecule has 2 amide bonds. The van der Waals surface area contributed by atoms with Gasteiger partial charge in [-0.2, -0.15) is 5.10 Å². The minimum Gasteiger partial charge on any atom is -0.277 e. The molecule has 5 rings (SSSR count). The first-order valence-corrected chi connectivity index (χ1v) is 8.92. The second-order valence-electron chi connectivity index (χ2n) is 6.54. The molecule has 0 spiro atoms. The van der Waals surface area contributed by atoms with Gasteiger partial charge in [0.1, 0.15) is 0 Å². The summed E-state index contributed by atoms with van der Waals surface area (Å²) in [5.74, 6) is -0.599. The second-order valence-corrected chi connectivity index (χ2v) is 6.54. The Morgan fingerprint density at radius 2 is 1.39 bits per heavy atom. The van der Waals surface area contributed by atoms with Crippen molar-refractivity contribution in [3.8, 4) is 0 Å². The molecule has 0 unspecified atom stereocenters. The maximum absolute atomic E-state index is 12.8. The number of H-pyrrole nitrogens is 1. The van der Waals surface area contributed by atoms with Crippen molar-refractivity contribution in [3.63, 3.8) is 0 Å². The summed E-state index contributed by atoms with van der Waals surface area (Å²) in [6.07, 6.45) is 3.76. The van der Waals surface area contributed by atoms with Gasteiger partial charge in [-0.1, -0.05) is 54.6 Å². The molecule has 134 valence electrons. The Morgan fingerprint density at radius 3 is 2.18 bits per heavy atom. The molecule has 1 N–H and O–H groups in total. The number of fused-ring (bicyclic) bond motifs is 2. The van der Waals surface area contributed by atoms with Gasteiger partial charge in [0, 0.05) is 5.39 Å². The average Bonchev–Trinajstić information content (AvgIpc) is 3.26. The minimum atomic E-state index is -0.299. The van der Waals surface area contributed by atoms with Crippen LogP contribution >= 0.6 is 0 Å². The lowest BCUT2D eigenvalue weighted by molar-refractivity contribution is 0.0926. The normalized spacial score (nSPS) is 13.6. The van der Waals surface area contributed by atoms with Crippen LogP contribution in [0.4, 0.5) is 5.69 Å². The van der Waals surface area contributed by atoms with Gasteiger partial charge in [0.15, 0.2) is 0 Å². The highest BCUT2D eigenvalue weighted by molar-refractivity contribution is 6.34. The Labute approximate surface area is 160 Å². The highest BCUT2D eigenvalue weighted by atomic mass is 16.2. The fourth-order valence-electron chi connectivity index (χ4n) is 3.52. The first-order valence-electron chi connectivity index (χ1n) is 8.92. The van der Waals surface area contributed by atoms with Gasteiger partial charge < -0.3 is 0 Å². The first kappa shape index (κ1) is 16.2. The largest absolute Gasteiger partial charge is 0.277 e. The van der Waals surface area contributed by atoms with Gasteiger partial charge in [0.2, 0.25) is 0 Å². The molecule has 2 heterocycles. The van der Waals surface area contributed by atoms with Gasteiger partial charge in [0.25, 0.3) is 11.8 Å². The summed E-state index contributed by atoms with van der Waals surface area (Å²) in [6, 6.07) is 22.1. The van der Waals surface area contributed by atoms with Crippen molar-refractivity contribution >= 4 is 40.6 Å². The van der Waals surface area contributed by atoms with Gasteiger partial charge in [-0.05, 0) is 35.9 Å². The topological polar surface area (TPSA) is 66.1 Å². The molecular formula is C23H15N3O2. The van der Waals surface area contributed by atoms with Gasteiger partial charge in [-0.25, -0.2) is 4.90 Å². The molecule has 5 heteroatoms. The standard InChI is InChI=1S/C23H15N3O2/c27-22-16-8-2-3-9-17(16)23(28)26(22)21-12-6-1-7-15(21)13-14-20-18-10-4-5-11-19(18)24-25-20/h1-14H,(H,24,25). The third-order valence-electron chi connectivity index (χ3n) is 4.89. The molecule has 0 bridgehead atoms. The maximum Gasteiger partial charge on any atom is 0.266 e. The predicted molar refractivity (Wildman–Crippen MR) is 109 cm³/mol. The van der Waals surface area contributed by atoms with E-state index in [1.54, 1.807) is 30.3 Å². The number of benzene rings is 3. The van der Waals surface area contributed by atoms with E-state index in [1.807, 2.05) is 54.6 Å². The number of carbonyl (C=O) groups is 2. The molecule has 1 aliphatic rings. The fourth-order valence-corrected chi connectivity index (χ4v) is 3.52. The third kappa shape index (κ3) is 2.45. The smallest absolute Gasteiger partial charge is 0.266 e. The average molecular weight is 365 g/mol. The lowest BCUT2D eigenvalue weighted by Crippen LogP contribution is -2.29. The number of nitrogens with zero attached hydrogens (tertiary/aromatic N) is 2. The van der Waals surface area contributed by atoms with Crippen LogP contribution in [0, 0.1) is 0 Å². The molecule has 4 aromatic rings. The Kier molecular flexibility index (Phi) is 3.66. The van der Waals surface area contributed by atoms with Crippen LogP contribution in [0.1, 0.15) is 32.0 Å². The predicted octanol–water partition coefficient (Wildman–Crippen LogP) is 4.53. The van der Waals surface area contributed by atoms with Gasteiger partial charge >= 0.3 is 0 Å². The summed E-state index contributed by atoms with van der Waals surface area (Å²) >= 11 is 0. The van der Waals surface area contributed by atoms with Crippen molar-refractivity contribution in [3.05, 3.63) is 95.2 Å². The number of aromatic amines is 1. The van der Waals surface area contributed by atoms with Crippen LogP contribution in [0.15, 0.2) is 72.8 Å². The molecule has 0 saturated heterocycles. The number of rotatable bonds is 3. The van der Waals surface area contributed by atoms with Crippen molar-refractivity contribution in [2.75, 3.05) is 4.90 Å². The van der Waals surface area contributed by atoms with E-state index in [0.29, 0.717) is 16.8 Å². The lowest BCUT2D eigenvalue weighted by Gasteiger charge is -2.16. The number of hydrogen-bond acceptors (Lipinski definition) is 3. The number of aromatic nitrogens is 2. The summed E-state index contributed by atoms with van der Waals surface area (Å²) in [4.78, 5) is 26.9. The first-order chi connectivity index (χ1) is 13.7. The summed E-state index contributed by atoms with van der Waals surface area (Å²) in [5.41, 5.74) is 3.95. The molecule has 0 saturated carbocycles. The van der Waals surface area contributed by atoms with Crippen LogP contribution in [-0.2, 0) is 0 Å². The summed E-state index contributed by atoms with van der Waals surface area (Å²) in [7, 11) is 0. The highest BCUT2D eigenvalue weighted by Gasteiger charge is 2.36. The number of nitrogens with one attached hydrogen (secondary N) is 1. The van der Waals surface area contributed by atoms with Crippen molar-refractivity contribution in [2.45, 2.75) is 0 Å². The van der Waals surface area contributed by atoms with Crippen molar-refractivity contribution in [2.24, 2.45) is 0 Å². The quantitative estimate of drug-likeness (QED) is 0.542. The molecule has 0 fully saturated rings. The molecule has 0 radical (unpaired) electrons. The second kappa shape index (κ2) is 6.32. The lowest BCUT2D eigenvalue weighted by atomic mass is 10.1. The monoisotopic (exact) mass is 365 g/mol. The van der Waals surface area contributed by atoms with E-state index in [-0.39, 0.29) is 11.8 Å². The number of carbonyl (C=O) groups excluding carboxylic acids is 2. The highest BCUT2D eigenvalue weighted by Crippen LogP contribution is 2.31. The van der Waals surface area contributed by atoms with E-state index in [0.717, 1.165) is 22.2 Å². The number of para-hydroxylation sites is 2. The molecule has 0 aliphatic carbocycles. The molecular weight excluding hydrogens is 350 g/mol. The summed E-state index contributed by atoms with van der Waals surface area (Å²) in [5, 5.41) is 8.35. The number of anilines is 1. The molecule has 28 heavy (non-hydrogen) atoms. The van der Waals surface area contributed by atoms with E-state index in [1.165, 1.54) is 4.90 Å². The van der Waals surface area contributed by atoms with E-state index in [4.69, 9.17) is 0 Å². The van der Waals surface area contributed by atoms with Crippen LogP contribution in [0.3, 0.4) is 0 Å². The van der Waals surface area contributed by atoms with Crippen molar-refractivity contribution in [1.82, 2.24) is 10.2 Å². The Bertz CT molecular complexity index is 1230. The van der Waals surface area contributed by atoms with Crippen LogP contribution in [-0.4, -0.2) is 22.0 Å². The van der Waals surface area contributed by atoms with Crippen LogP contribution in [0.25, 0.3) is 23.1 Å². The van der Waals surface area contributed by atoms with E-state index in [2.05, 4.69) is 10.2 Å².